The minimum Gasteiger partial charge on any atom is -0.452 e. The summed E-state index contributed by atoms with van der Waals surface area (Å²) in [7, 11) is -2.96. The predicted molar refractivity (Wildman–Crippen MR) is 104 cm³/mol. The van der Waals surface area contributed by atoms with Gasteiger partial charge in [0.15, 0.2) is 15.9 Å². The molecule has 2 rings (SSSR count). The van der Waals surface area contributed by atoms with Crippen LogP contribution in [-0.2, 0) is 24.2 Å². The van der Waals surface area contributed by atoms with Gasteiger partial charge in [-0.25, -0.2) is 8.42 Å². The van der Waals surface area contributed by atoms with Crippen LogP contribution in [0.5, 0.6) is 0 Å². The molecular weight excluding hydrogens is 374 g/mol. The fraction of sp³-hybridized carbons (Fsp3) is 0.556. The second-order valence-electron chi connectivity index (χ2n) is 6.73. The van der Waals surface area contributed by atoms with E-state index in [2.05, 4.69) is 19.2 Å². The Morgan fingerprint density at radius 2 is 1.88 bits per heavy atom. The van der Waals surface area contributed by atoms with Gasteiger partial charge in [0.1, 0.15) is 0 Å². The van der Waals surface area contributed by atoms with Crippen LogP contribution in [0.3, 0.4) is 0 Å². The highest BCUT2D eigenvalue weighted by Gasteiger charge is 2.29. The summed E-state index contributed by atoms with van der Waals surface area (Å²) >= 11 is 1.27. The van der Waals surface area contributed by atoms with Crippen molar-refractivity contribution < 1.29 is 22.7 Å². The SMILES string of the molecule is CC(C)c1ccc(NC(=O)[C@@H](C)OC(=O)CS[C@H]2CCS(=O)(=O)C2)cc1. The van der Waals surface area contributed by atoms with Crippen LogP contribution in [0, 0.1) is 0 Å². The lowest BCUT2D eigenvalue weighted by Gasteiger charge is -2.15. The molecule has 0 spiro atoms. The lowest BCUT2D eigenvalue weighted by Crippen LogP contribution is -2.30. The molecule has 1 amide bonds. The average molecular weight is 400 g/mol. The van der Waals surface area contributed by atoms with Crippen molar-refractivity contribution in [3.05, 3.63) is 29.8 Å². The van der Waals surface area contributed by atoms with E-state index in [9.17, 15) is 18.0 Å². The number of rotatable bonds is 7. The number of ether oxygens (including phenoxy) is 1. The molecule has 1 aromatic carbocycles. The van der Waals surface area contributed by atoms with Crippen LogP contribution < -0.4 is 5.32 Å². The molecule has 144 valence electrons. The molecule has 1 heterocycles. The van der Waals surface area contributed by atoms with Crippen LogP contribution in [0.2, 0.25) is 0 Å². The summed E-state index contributed by atoms with van der Waals surface area (Å²) in [5.41, 5.74) is 1.82. The number of esters is 1. The third-order valence-electron chi connectivity index (χ3n) is 4.15. The fourth-order valence-corrected chi connectivity index (χ4v) is 5.98. The van der Waals surface area contributed by atoms with E-state index in [-0.39, 0.29) is 22.5 Å². The zero-order valence-electron chi connectivity index (χ0n) is 15.2. The molecule has 1 fully saturated rings. The van der Waals surface area contributed by atoms with Gasteiger partial charge in [0.2, 0.25) is 0 Å². The molecule has 1 aliphatic rings. The van der Waals surface area contributed by atoms with Crippen molar-refractivity contribution in [3.63, 3.8) is 0 Å². The summed E-state index contributed by atoms with van der Waals surface area (Å²) in [6, 6.07) is 7.53. The Morgan fingerprint density at radius 1 is 1.23 bits per heavy atom. The van der Waals surface area contributed by atoms with Gasteiger partial charge in [0.25, 0.3) is 5.91 Å². The van der Waals surface area contributed by atoms with Crippen LogP contribution in [-0.4, -0.2) is 48.9 Å². The van der Waals surface area contributed by atoms with Crippen LogP contribution in [0.1, 0.15) is 38.7 Å². The molecule has 1 saturated heterocycles. The number of sulfone groups is 1. The van der Waals surface area contributed by atoms with Crippen LogP contribution >= 0.6 is 11.8 Å². The van der Waals surface area contributed by atoms with Crippen molar-refractivity contribution in [2.24, 2.45) is 0 Å². The summed E-state index contributed by atoms with van der Waals surface area (Å²) in [6.07, 6.45) is -0.358. The molecule has 1 aromatic rings. The van der Waals surface area contributed by atoms with Gasteiger partial charge in [-0.1, -0.05) is 26.0 Å². The molecule has 1 aliphatic heterocycles. The third kappa shape index (κ3) is 6.32. The molecule has 0 aromatic heterocycles. The Hall–Kier alpha value is -1.54. The van der Waals surface area contributed by atoms with Crippen LogP contribution in [0.25, 0.3) is 0 Å². The molecular formula is C18H25NO5S2. The maximum Gasteiger partial charge on any atom is 0.316 e. The van der Waals surface area contributed by atoms with Crippen molar-refractivity contribution in [1.29, 1.82) is 0 Å². The average Bonchev–Trinajstić information content (AvgIpc) is 2.92. The van der Waals surface area contributed by atoms with E-state index in [0.29, 0.717) is 18.0 Å². The van der Waals surface area contributed by atoms with Gasteiger partial charge in [0, 0.05) is 10.9 Å². The second-order valence-corrected chi connectivity index (χ2v) is 10.3. The first-order chi connectivity index (χ1) is 12.2. The summed E-state index contributed by atoms with van der Waals surface area (Å²) in [6.45, 7) is 5.70. The van der Waals surface area contributed by atoms with Gasteiger partial charge in [-0.3, -0.25) is 9.59 Å². The van der Waals surface area contributed by atoms with Crippen molar-refractivity contribution in [3.8, 4) is 0 Å². The molecule has 0 radical (unpaired) electrons. The molecule has 2 atom stereocenters. The molecule has 8 heteroatoms. The number of carbonyl (C=O) groups is 2. The van der Waals surface area contributed by atoms with Crippen molar-refractivity contribution in [1.82, 2.24) is 0 Å². The number of nitrogens with one attached hydrogen (secondary N) is 1. The molecule has 0 aliphatic carbocycles. The zero-order chi connectivity index (χ0) is 19.3. The maximum absolute atomic E-state index is 12.1. The number of thioether (sulfide) groups is 1. The second kappa shape index (κ2) is 8.90. The number of benzene rings is 1. The van der Waals surface area contributed by atoms with Gasteiger partial charge < -0.3 is 10.1 Å². The van der Waals surface area contributed by atoms with Crippen molar-refractivity contribution in [2.75, 3.05) is 22.6 Å². The van der Waals surface area contributed by atoms with E-state index < -0.39 is 27.8 Å². The first-order valence-electron chi connectivity index (χ1n) is 8.58. The molecule has 0 bridgehead atoms. The highest BCUT2D eigenvalue weighted by Crippen LogP contribution is 2.24. The summed E-state index contributed by atoms with van der Waals surface area (Å²) < 4.78 is 27.9. The number of anilines is 1. The van der Waals surface area contributed by atoms with E-state index >= 15 is 0 Å². The minimum absolute atomic E-state index is 0.0426. The molecule has 0 saturated carbocycles. The third-order valence-corrected chi connectivity index (χ3v) is 7.40. The smallest absolute Gasteiger partial charge is 0.316 e. The Morgan fingerprint density at radius 3 is 2.42 bits per heavy atom. The first-order valence-corrected chi connectivity index (χ1v) is 11.5. The Kier molecular flexibility index (Phi) is 7.11. The lowest BCUT2D eigenvalue weighted by molar-refractivity contribution is -0.150. The van der Waals surface area contributed by atoms with E-state index in [0.717, 1.165) is 0 Å². The van der Waals surface area contributed by atoms with E-state index in [1.807, 2.05) is 24.3 Å². The normalized spacial score (nSPS) is 19.9. The number of hydrogen-bond donors (Lipinski definition) is 1. The number of carbonyl (C=O) groups excluding carboxylic acids is 2. The highest BCUT2D eigenvalue weighted by molar-refractivity contribution is 8.02. The van der Waals surface area contributed by atoms with Crippen LogP contribution in [0.4, 0.5) is 5.69 Å². The summed E-state index contributed by atoms with van der Waals surface area (Å²) in [5, 5.41) is 2.65. The van der Waals surface area contributed by atoms with Crippen molar-refractivity contribution >= 4 is 39.2 Å². The summed E-state index contributed by atoms with van der Waals surface area (Å²) in [5.74, 6) is -0.185. The highest BCUT2D eigenvalue weighted by atomic mass is 32.2. The fourth-order valence-electron chi connectivity index (χ4n) is 2.56. The molecule has 26 heavy (non-hydrogen) atoms. The van der Waals surface area contributed by atoms with Gasteiger partial charge in [-0.2, -0.15) is 0 Å². The van der Waals surface area contributed by atoms with Gasteiger partial charge in [-0.05, 0) is 37.0 Å². The lowest BCUT2D eigenvalue weighted by atomic mass is 10.0. The topological polar surface area (TPSA) is 89.5 Å². The van der Waals surface area contributed by atoms with Gasteiger partial charge in [0.05, 0.1) is 17.3 Å². The molecule has 6 nitrogen and oxygen atoms in total. The first kappa shape index (κ1) is 20.8. The van der Waals surface area contributed by atoms with E-state index in [1.165, 1.54) is 24.2 Å². The van der Waals surface area contributed by atoms with Gasteiger partial charge >= 0.3 is 5.97 Å². The Balaban J connectivity index is 1.76. The van der Waals surface area contributed by atoms with Crippen molar-refractivity contribution in [2.45, 2.75) is 44.5 Å². The Labute approximate surface area is 159 Å². The maximum atomic E-state index is 12.1. The predicted octanol–water partition coefficient (Wildman–Crippen LogP) is 2.60. The number of amides is 1. The minimum atomic E-state index is -2.96. The monoisotopic (exact) mass is 399 g/mol. The van der Waals surface area contributed by atoms with E-state index in [4.69, 9.17) is 4.74 Å². The van der Waals surface area contributed by atoms with Gasteiger partial charge in [-0.15, -0.1) is 11.8 Å². The molecule has 1 N–H and O–H groups in total. The van der Waals surface area contributed by atoms with E-state index in [1.54, 1.807) is 0 Å². The quantitative estimate of drug-likeness (QED) is 0.709. The summed E-state index contributed by atoms with van der Waals surface area (Å²) in [4.78, 5) is 24.0. The molecule has 0 unspecified atom stereocenters. The Bertz CT molecular complexity index is 743. The number of hydrogen-bond acceptors (Lipinski definition) is 6. The zero-order valence-corrected chi connectivity index (χ0v) is 16.9. The van der Waals surface area contributed by atoms with Crippen LogP contribution in [0.15, 0.2) is 24.3 Å². The largest absolute Gasteiger partial charge is 0.452 e. The standard InChI is InChI=1S/C18H25NO5S2/c1-12(2)14-4-6-15(7-5-14)19-18(21)13(3)24-17(20)10-25-16-8-9-26(22,23)11-16/h4-7,12-13,16H,8-11H2,1-3H3,(H,19,21)/t13-,16+/m1/s1.